The van der Waals surface area contributed by atoms with E-state index in [1.807, 2.05) is 0 Å². The minimum atomic E-state index is 0. The Kier molecular flexibility index (Phi) is 3.92. The third-order valence-electron chi connectivity index (χ3n) is 2.15. The zero-order chi connectivity index (χ0) is 9.26. The lowest BCUT2D eigenvalue weighted by Crippen LogP contribution is -2.16. The zero-order valence-electron chi connectivity index (χ0n) is 7.59. The Bertz CT molecular complexity index is 329. The SMILES string of the molecule is Cl.Nc1nc(Cl)c2c(n1)CCNCC2. The lowest BCUT2D eigenvalue weighted by Gasteiger charge is -2.05. The van der Waals surface area contributed by atoms with Crippen molar-refractivity contribution in [1.82, 2.24) is 15.3 Å². The van der Waals surface area contributed by atoms with Gasteiger partial charge >= 0.3 is 0 Å². The maximum atomic E-state index is 5.96. The summed E-state index contributed by atoms with van der Waals surface area (Å²) in [6.07, 6.45) is 1.76. The molecule has 0 aliphatic carbocycles. The van der Waals surface area contributed by atoms with E-state index in [2.05, 4.69) is 15.3 Å². The second-order valence-electron chi connectivity index (χ2n) is 3.05. The molecule has 1 aliphatic rings. The van der Waals surface area contributed by atoms with E-state index in [1.54, 1.807) is 0 Å². The van der Waals surface area contributed by atoms with Crippen LogP contribution in [0.1, 0.15) is 11.3 Å². The first kappa shape index (κ1) is 11.5. The molecular weight excluding hydrogens is 223 g/mol. The number of aromatic nitrogens is 2. The number of nitrogens with zero attached hydrogens (tertiary/aromatic N) is 2. The highest BCUT2D eigenvalue weighted by Gasteiger charge is 2.13. The van der Waals surface area contributed by atoms with Crippen LogP contribution in [0.4, 0.5) is 5.95 Å². The van der Waals surface area contributed by atoms with Crippen LogP contribution in [-0.2, 0) is 12.8 Å². The van der Waals surface area contributed by atoms with E-state index < -0.39 is 0 Å². The molecule has 0 saturated heterocycles. The molecule has 3 N–H and O–H groups in total. The molecule has 1 aromatic heterocycles. The quantitative estimate of drug-likeness (QED) is 0.653. The summed E-state index contributed by atoms with van der Waals surface area (Å²) >= 11 is 5.96. The van der Waals surface area contributed by atoms with Crippen LogP contribution >= 0.6 is 24.0 Å². The van der Waals surface area contributed by atoms with E-state index in [9.17, 15) is 0 Å². The first-order valence-corrected chi connectivity index (χ1v) is 4.66. The van der Waals surface area contributed by atoms with Gasteiger partial charge in [0.05, 0.1) is 5.69 Å². The van der Waals surface area contributed by atoms with E-state index in [0.717, 1.165) is 37.2 Å². The van der Waals surface area contributed by atoms with Gasteiger partial charge in [-0.3, -0.25) is 0 Å². The predicted molar refractivity (Wildman–Crippen MR) is 59.0 cm³/mol. The Labute approximate surface area is 93.7 Å². The van der Waals surface area contributed by atoms with Crippen LogP contribution in [0, 0.1) is 0 Å². The minimum absolute atomic E-state index is 0. The Balaban J connectivity index is 0.000000980. The smallest absolute Gasteiger partial charge is 0.221 e. The largest absolute Gasteiger partial charge is 0.368 e. The fourth-order valence-corrected chi connectivity index (χ4v) is 1.81. The second-order valence-corrected chi connectivity index (χ2v) is 3.41. The average Bonchev–Trinajstić information content (AvgIpc) is 2.28. The predicted octanol–water partition coefficient (Wildman–Crippen LogP) is 0.822. The van der Waals surface area contributed by atoms with Crippen LogP contribution in [0.15, 0.2) is 0 Å². The summed E-state index contributed by atoms with van der Waals surface area (Å²) in [5, 5.41) is 3.78. The second kappa shape index (κ2) is 4.77. The van der Waals surface area contributed by atoms with Crippen LogP contribution in [-0.4, -0.2) is 23.1 Å². The topological polar surface area (TPSA) is 63.8 Å². The molecule has 78 valence electrons. The lowest BCUT2D eigenvalue weighted by molar-refractivity contribution is 0.708. The molecule has 2 heterocycles. The minimum Gasteiger partial charge on any atom is -0.368 e. The van der Waals surface area contributed by atoms with Crippen LogP contribution in [0.5, 0.6) is 0 Å². The molecule has 1 aromatic rings. The van der Waals surface area contributed by atoms with Crippen LogP contribution in [0.2, 0.25) is 5.15 Å². The third-order valence-corrected chi connectivity index (χ3v) is 2.46. The molecule has 14 heavy (non-hydrogen) atoms. The van der Waals surface area contributed by atoms with Gasteiger partial charge in [-0.05, 0) is 13.0 Å². The molecule has 6 heteroatoms. The van der Waals surface area contributed by atoms with Crippen molar-refractivity contribution in [2.24, 2.45) is 0 Å². The van der Waals surface area contributed by atoms with Crippen molar-refractivity contribution in [3.63, 3.8) is 0 Å². The van der Waals surface area contributed by atoms with Gasteiger partial charge in [-0.1, -0.05) is 11.6 Å². The van der Waals surface area contributed by atoms with E-state index >= 15 is 0 Å². The Morgan fingerprint density at radius 2 is 1.93 bits per heavy atom. The fourth-order valence-electron chi connectivity index (χ4n) is 1.52. The highest BCUT2D eigenvalue weighted by atomic mass is 35.5. The van der Waals surface area contributed by atoms with E-state index in [0.29, 0.717) is 5.15 Å². The molecule has 0 unspecified atom stereocenters. The molecule has 0 spiro atoms. The Morgan fingerprint density at radius 1 is 1.21 bits per heavy atom. The molecule has 1 aliphatic heterocycles. The van der Waals surface area contributed by atoms with E-state index in [1.165, 1.54) is 0 Å². The summed E-state index contributed by atoms with van der Waals surface area (Å²) in [5.74, 6) is 0.269. The Hall–Kier alpha value is -0.580. The number of hydrogen-bond acceptors (Lipinski definition) is 4. The first-order chi connectivity index (χ1) is 6.27. The van der Waals surface area contributed by atoms with Crippen molar-refractivity contribution in [1.29, 1.82) is 0 Å². The summed E-state index contributed by atoms with van der Waals surface area (Å²) < 4.78 is 0. The van der Waals surface area contributed by atoms with Gasteiger partial charge in [0.1, 0.15) is 5.15 Å². The van der Waals surface area contributed by atoms with E-state index in [-0.39, 0.29) is 18.4 Å². The number of nitrogen functional groups attached to an aromatic ring is 1. The van der Waals surface area contributed by atoms with Crippen molar-refractivity contribution in [2.45, 2.75) is 12.8 Å². The average molecular weight is 235 g/mol. The van der Waals surface area contributed by atoms with Gasteiger partial charge in [0.2, 0.25) is 5.95 Å². The number of anilines is 1. The molecule has 4 nitrogen and oxygen atoms in total. The maximum absolute atomic E-state index is 5.96. The summed E-state index contributed by atoms with van der Waals surface area (Å²) in [6, 6.07) is 0. The summed E-state index contributed by atoms with van der Waals surface area (Å²) in [7, 11) is 0. The van der Waals surface area contributed by atoms with Gasteiger partial charge in [-0.25, -0.2) is 9.97 Å². The summed E-state index contributed by atoms with van der Waals surface area (Å²) in [4.78, 5) is 8.11. The Morgan fingerprint density at radius 3 is 2.71 bits per heavy atom. The highest BCUT2D eigenvalue weighted by Crippen LogP contribution is 2.19. The van der Waals surface area contributed by atoms with Crippen molar-refractivity contribution < 1.29 is 0 Å². The van der Waals surface area contributed by atoms with Crippen molar-refractivity contribution in [2.75, 3.05) is 18.8 Å². The number of nitrogens with one attached hydrogen (secondary N) is 1. The summed E-state index contributed by atoms with van der Waals surface area (Å²) in [6.45, 7) is 1.86. The zero-order valence-corrected chi connectivity index (χ0v) is 9.16. The van der Waals surface area contributed by atoms with Gasteiger partial charge in [0.25, 0.3) is 0 Å². The molecule has 0 saturated carbocycles. The van der Waals surface area contributed by atoms with Gasteiger partial charge in [0, 0.05) is 18.5 Å². The third kappa shape index (κ3) is 2.26. The van der Waals surface area contributed by atoms with Gasteiger partial charge < -0.3 is 11.1 Å². The molecule has 0 amide bonds. The number of rotatable bonds is 0. The van der Waals surface area contributed by atoms with Crippen LogP contribution in [0.25, 0.3) is 0 Å². The normalized spacial score (nSPS) is 15.2. The van der Waals surface area contributed by atoms with Crippen molar-refractivity contribution in [3.05, 3.63) is 16.4 Å². The molecule has 0 bridgehead atoms. The maximum Gasteiger partial charge on any atom is 0.221 e. The van der Waals surface area contributed by atoms with Crippen LogP contribution in [0.3, 0.4) is 0 Å². The molecule has 0 radical (unpaired) electrons. The molecule has 0 aromatic carbocycles. The van der Waals surface area contributed by atoms with Crippen LogP contribution < -0.4 is 11.1 Å². The van der Waals surface area contributed by atoms with Gasteiger partial charge in [0.15, 0.2) is 0 Å². The lowest BCUT2D eigenvalue weighted by atomic mass is 10.1. The molecular formula is C8H12Cl2N4. The number of hydrogen-bond donors (Lipinski definition) is 2. The first-order valence-electron chi connectivity index (χ1n) is 4.29. The van der Waals surface area contributed by atoms with E-state index in [4.69, 9.17) is 17.3 Å². The molecule has 2 rings (SSSR count). The number of nitrogens with two attached hydrogens (primary N) is 1. The highest BCUT2D eigenvalue weighted by molar-refractivity contribution is 6.30. The summed E-state index contributed by atoms with van der Waals surface area (Å²) in [5.41, 5.74) is 7.54. The monoisotopic (exact) mass is 234 g/mol. The number of halogens is 2. The standard InChI is InChI=1S/C8H11ClN4.ClH/c9-7-5-1-3-11-4-2-6(5)12-8(10)13-7;/h11H,1-4H2,(H2,10,12,13);1H. The van der Waals surface area contributed by atoms with Gasteiger partial charge in [-0.15, -0.1) is 12.4 Å². The molecule has 0 fully saturated rings. The number of fused-ring (bicyclic) bond motifs is 1. The van der Waals surface area contributed by atoms with Gasteiger partial charge in [-0.2, -0.15) is 0 Å². The fraction of sp³-hybridized carbons (Fsp3) is 0.500. The van der Waals surface area contributed by atoms with Crippen molar-refractivity contribution >= 4 is 30.0 Å². The molecule has 0 atom stereocenters. The van der Waals surface area contributed by atoms with Crippen molar-refractivity contribution in [3.8, 4) is 0 Å².